The van der Waals surface area contributed by atoms with Gasteiger partial charge in [-0.2, -0.15) is 0 Å². The Morgan fingerprint density at radius 3 is 2.52 bits per heavy atom. The van der Waals surface area contributed by atoms with Gasteiger partial charge in [0.2, 0.25) is 0 Å². The van der Waals surface area contributed by atoms with E-state index in [9.17, 15) is 9.59 Å². The molecule has 0 saturated heterocycles. The zero-order valence-electron chi connectivity index (χ0n) is 12.7. The first-order valence-electron chi connectivity index (χ1n) is 7.13. The molecule has 0 radical (unpaired) electrons. The van der Waals surface area contributed by atoms with Crippen LogP contribution in [-0.4, -0.2) is 12.5 Å². The summed E-state index contributed by atoms with van der Waals surface area (Å²) in [6.07, 6.45) is 0. The summed E-state index contributed by atoms with van der Waals surface area (Å²) in [7, 11) is 0. The van der Waals surface area contributed by atoms with Gasteiger partial charge in [0.25, 0.3) is 5.91 Å². The highest BCUT2D eigenvalue weighted by atomic mass is 35.5. The van der Waals surface area contributed by atoms with Crippen molar-refractivity contribution in [1.82, 2.24) is 0 Å². The average molecular weight is 379 g/mol. The highest BCUT2D eigenvalue weighted by molar-refractivity contribution is 6.39. The first kappa shape index (κ1) is 17.1. The molecule has 1 aromatic heterocycles. The molecule has 6 nitrogen and oxygen atoms in total. The van der Waals surface area contributed by atoms with Crippen LogP contribution in [0.3, 0.4) is 0 Å². The molecule has 0 bridgehead atoms. The fraction of sp³-hybridized carbons (Fsp3) is 0.0588. The van der Waals surface area contributed by atoms with Gasteiger partial charge in [0.05, 0.1) is 15.7 Å². The van der Waals surface area contributed by atoms with E-state index in [1.54, 1.807) is 24.3 Å². The molecule has 3 aromatic rings. The van der Waals surface area contributed by atoms with E-state index in [0.717, 1.165) is 5.39 Å². The summed E-state index contributed by atoms with van der Waals surface area (Å²) >= 11 is 11.8. The lowest BCUT2D eigenvalue weighted by molar-refractivity contribution is -0.118. The van der Waals surface area contributed by atoms with Crippen LogP contribution in [-0.2, 0) is 4.79 Å². The van der Waals surface area contributed by atoms with E-state index in [1.807, 2.05) is 0 Å². The number of hydrogen-bond donors (Lipinski definition) is 2. The summed E-state index contributed by atoms with van der Waals surface area (Å²) in [5, 5.41) is 3.85. The Bertz CT molecular complexity index is 994. The van der Waals surface area contributed by atoms with Crippen molar-refractivity contribution in [2.75, 3.05) is 17.7 Å². The number of benzene rings is 2. The van der Waals surface area contributed by atoms with Gasteiger partial charge in [-0.15, -0.1) is 0 Å². The Morgan fingerprint density at radius 1 is 1.12 bits per heavy atom. The quantitative estimate of drug-likeness (QED) is 0.533. The maximum atomic E-state index is 12.0. The lowest BCUT2D eigenvalue weighted by Crippen LogP contribution is -2.20. The number of anilines is 2. The SMILES string of the molecule is Nc1c(Cl)cc(NC(=O)COc2ccc3ccc(=O)oc3c2)cc1Cl. The number of nitrogens with one attached hydrogen (secondary N) is 1. The fourth-order valence-electron chi connectivity index (χ4n) is 2.13. The van der Waals surface area contributed by atoms with Crippen LogP contribution in [0.1, 0.15) is 0 Å². The molecule has 1 heterocycles. The van der Waals surface area contributed by atoms with Crippen molar-refractivity contribution in [3.8, 4) is 5.75 Å². The number of ether oxygens (including phenoxy) is 1. The van der Waals surface area contributed by atoms with Gasteiger partial charge in [0.1, 0.15) is 11.3 Å². The monoisotopic (exact) mass is 378 g/mol. The third-order valence-corrected chi connectivity index (χ3v) is 3.95. The van der Waals surface area contributed by atoms with Crippen molar-refractivity contribution < 1.29 is 13.9 Å². The molecular formula is C17H12Cl2N2O4. The Morgan fingerprint density at radius 2 is 1.80 bits per heavy atom. The molecule has 0 aliphatic rings. The average Bonchev–Trinajstić information content (AvgIpc) is 2.57. The van der Waals surface area contributed by atoms with Gasteiger partial charge in [-0.1, -0.05) is 23.2 Å². The summed E-state index contributed by atoms with van der Waals surface area (Å²) < 4.78 is 10.5. The minimum Gasteiger partial charge on any atom is -0.484 e. The highest BCUT2D eigenvalue weighted by Crippen LogP contribution is 2.31. The van der Waals surface area contributed by atoms with Crippen molar-refractivity contribution in [3.05, 3.63) is 62.9 Å². The smallest absolute Gasteiger partial charge is 0.336 e. The predicted molar refractivity (Wildman–Crippen MR) is 97.5 cm³/mol. The van der Waals surface area contributed by atoms with E-state index in [4.69, 9.17) is 38.1 Å². The molecule has 3 rings (SSSR count). The lowest BCUT2D eigenvalue weighted by Gasteiger charge is -2.10. The van der Waals surface area contributed by atoms with E-state index < -0.39 is 11.5 Å². The van der Waals surface area contributed by atoms with Crippen LogP contribution >= 0.6 is 23.2 Å². The molecule has 0 unspecified atom stereocenters. The Labute approximate surface area is 152 Å². The standard InChI is InChI=1S/C17H12Cl2N2O4/c18-12-5-10(6-13(19)17(12)20)21-15(22)8-24-11-3-1-9-2-4-16(23)25-14(9)7-11/h1-7H,8,20H2,(H,21,22). The maximum absolute atomic E-state index is 12.0. The Kier molecular flexibility index (Phi) is 4.83. The second-order valence-corrected chi connectivity index (χ2v) is 5.96. The first-order valence-corrected chi connectivity index (χ1v) is 7.89. The van der Waals surface area contributed by atoms with Crippen molar-refractivity contribution in [2.24, 2.45) is 0 Å². The van der Waals surface area contributed by atoms with Crippen LogP contribution in [0.2, 0.25) is 10.0 Å². The number of halogens is 2. The zero-order valence-corrected chi connectivity index (χ0v) is 14.2. The molecule has 25 heavy (non-hydrogen) atoms. The zero-order chi connectivity index (χ0) is 18.0. The molecule has 0 spiro atoms. The second-order valence-electron chi connectivity index (χ2n) is 5.14. The Balaban J connectivity index is 1.67. The maximum Gasteiger partial charge on any atom is 0.336 e. The van der Waals surface area contributed by atoms with E-state index in [0.29, 0.717) is 17.0 Å². The molecular weight excluding hydrogens is 367 g/mol. The summed E-state index contributed by atoms with van der Waals surface area (Å²) in [4.78, 5) is 23.2. The number of nitrogens with two attached hydrogens (primary N) is 1. The van der Waals surface area contributed by atoms with Crippen LogP contribution in [0.5, 0.6) is 5.75 Å². The molecule has 0 aliphatic heterocycles. The van der Waals surface area contributed by atoms with Crippen molar-refractivity contribution >= 4 is 51.5 Å². The molecule has 0 atom stereocenters. The Hall–Kier alpha value is -2.70. The largest absolute Gasteiger partial charge is 0.484 e. The molecule has 2 aromatic carbocycles. The van der Waals surface area contributed by atoms with E-state index in [2.05, 4.69) is 5.32 Å². The molecule has 3 N–H and O–H groups in total. The van der Waals surface area contributed by atoms with Gasteiger partial charge in [0.15, 0.2) is 6.61 Å². The fourth-order valence-corrected chi connectivity index (χ4v) is 2.62. The third-order valence-electron chi connectivity index (χ3n) is 3.33. The lowest BCUT2D eigenvalue weighted by atomic mass is 10.2. The predicted octanol–water partition coefficient (Wildman–Crippen LogP) is 3.70. The number of nitrogen functional groups attached to an aromatic ring is 1. The topological polar surface area (TPSA) is 94.6 Å². The van der Waals surface area contributed by atoms with Gasteiger partial charge in [0, 0.05) is 23.2 Å². The second kappa shape index (κ2) is 7.04. The number of hydrogen-bond acceptors (Lipinski definition) is 5. The minimum atomic E-state index is -0.459. The van der Waals surface area contributed by atoms with Gasteiger partial charge in [-0.3, -0.25) is 4.79 Å². The molecule has 128 valence electrons. The minimum absolute atomic E-state index is 0.244. The van der Waals surface area contributed by atoms with Crippen molar-refractivity contribution in [1.29, 1.82) is 0 Å². The molecule has 0 fully saturated rings. The van der Waals surface area contributed by atoms with Crippen LogP contribution in [0.25, 0.3) is 11.0 Å². The van der Waals surface area contributed by atoms with E-state index in [1.165, 1.54) is 18.2 Å². The van der Waals surface area contributed by atoms with Crippen molar-refractivity contribution in [3.63, 3.8) is 0 Å². The van der Waals surface area contributed by atoms with Crippen LogP contribution < -0.4 is 21.4 Å². The summed E-state index contributed by atoms with van der Waals surface area (Å²) in [5.74, 6) is -0.0168. The normalized spacial score (nSPS) is 10.6. The van der Waals surface area contributed by atoms with Gasteiger partial charge >= 0.3 is 5.63 Å². The molecule has 1 amide bonds. The number of carbonyl (C=O) groups is 1. The third kappa shape index (κ3) is 4.04. The number of fused-ring (bicyclic) bond motifs is 1. The first-order chi connectivity index (χ1) is 11.9. The molecule has 8 heteroatoms. The molecule has 0 saturated carbocycles. The van der Waals surface area contributed by atoms with Crippen LogP contribution in [0.4, 0.5) is 11.4 Å². The van der Waals surface area contributed by atoms with Gasteiger partial charge in [-0.05, 0) is 30.3 Å². The number of amides is 1. The van der Waals surface area contributed by atoms with Crippen LogP contribution in [0, 0.1) is 0 Å². The van der Waals surface area contributed by atoms with E-state index >= 15 is 0 Å². The number of rotatable bonds is 4. The van der Waals surface area contributed by atoms with Gasteiger partial charge < -0.3 is 20.2 Å². The highest BCUT2D eigenvalue weighted by Gasteiger charge is 2.09. The molecule has 0 aliphatic carbocycles. The summed E-state index contributed by atoms with van der Waals surface area (Å²) in [6.45, 7) is -0.248. The van der Waals surface area contributed by atoms with Crippen LogP contribution in [0.15, 0.2) is 51.7 Å². The van der Waals surface area contributed by atoms with Crippen molar-refractivity contribution in [2.45, 2.75) is 0 Å². The van der Waals surface area contributed by atoms with E-state index in [-0.39, 0.29) is 22.3 Å². The number of carbonyl (C=O) groups excluding carboxylic acids is 1. The summed E-state index contributed by atoms with van der Waals surface area (Å²) in [6, 6.07) is 10.9. The van der Waals surface area contributed by atoms with Gasteiger partial charge in [-0.25, -0.2) is 4.79 Å². The summed E-state index contributed by atoms with van der Waals surface area (Å²) in [5.41, 5.74) is 6.21.